The first-order valence-electron chi connectivity index (χ1n) is 7.17. The number of nitrogens with zero attached hydrogens (tertiary/aromatic N) is 2. The van der Waals surface area contributed by atoms with Crippen LogP contribution in [-0.2, 0) is 0 Å². The molecule has 7 nitrogen and oxygen atoms in total. The monoisotopic (exact) mass is 307 g/mol. The fourth-order valence-electron chi connectivity index (χ4n) is 2.66. The number of carbonyl (C=O) groups excluding carboxylic acids is 1. The van der Waals surface area contributed by atoms with Crippen molar-refractivity contribution >= 4 is 17.8 Å². The first-order chi connectivity index (χ1) is 10.5. The van der Waals surface area contributed by atoms with E-state index in [1.54, 1.807) is 19.2 Å². The van der Waals surface area contributed by atoms with Gasteiger partial charge in [-0.1, -0.05) is 18.2 Å². The highest BCUT2D eigenvalue weighted by Crippen LogP contribution is 2.28. The number of amides is 3. The van der Waals surface area contributed by atoms with E-state index >= 15 is 0 Å². The third-order valence-electron chi connectivity index (χ3n) is 4.30. The van der Waals surface area contributed by atoms with E-state index in [0.29, 0.717) is 31.6 Å². The molecule has 2 rings (SSSR count). The number of benzene rings is 1. The minimum atomic E-state index is -0.970. The Labute approximate surface area is 129 Å². The van der Waals surface area contributed by atoms with Gasteiger partial charge in [-0.05, 0) is 25.0 Å². The number of likely N-dealkylation sites (N-methyl/N-ethyl adjacent to an activating group) is 1. The molecule has 0 spiro atoms. The van der Waals surface area contributed by atoms with Crippen LogP contribution in [0.25, 0.3) is 0 Å². The number of aliphatic hydroxyl groups excluding tert-OH is 1. The van der Waals surface area contributed by atoms with Gasteiger partial charge in [0.1, 0.15) is 0 Å². The van der Waals surface area contributed by atoms with Crippen LogP contribution >= 0.6 is 0 Å². The Hall–Kier alpha value is -2.28. The number of hydrogen-bond donors (Lipinski definition) is 3. The molecule has 0 atom stereocenters. The molecule has 1 aliphatic rings. The van der Waals surface area contributed by atoms with Crippen molar-refractivity contribution in [1.82, 2.24) is 9.80 Å². The average Bonchev–Trinajstić information content (AvgIpc) is 2.55. The van der Waals surface area contributed by atoms with Gasteiger partial charge in [0.05, 0.1) is 12.1 Å². The van der Waals surface area contributed by atoms with E-state index in [1.165, 1.54) is 9.80 Å². The maximum atomic E-state index is 12.4. The Morgan fingerprint density at radius 1 is 1.27 bits per heavy atom. The van der Waals surface area contributed by atoms with Gasteiger partial charge in [-0.15, -0.1) is 0 Å². The van der Waals surface area contributed by atoms with Crippen LogP contribution in [0, 0.1) is 0 Å². The molecule has 1 aromatic rings. The van der Waals surface area contributed by atoms with Crippen molar-refractivity contribution in [2.24, 2.45) is 0 Å². The lowest BCUT2D eigenvalue weighted by Gasteiger charge is -2.45. The zero-order valence-corrected chi connectivity index (χ0v) is 12.5. The number of likely N-dealkylation sites (tertiary alicyclic amines) is 1. The number of anilines is 1. The van der Waals surface area contributed by atoms with Gasteiger partial charge in [-0.2, -0.15) is 0 Å². The van der Waals surface area contributed by atoms with E-state index in [4.69, 9.17) is 5.11 Å². The molecule has 120 valence electrons. The maximum Gasteiger partial charge on any atom is 0.407 e. The number of carboxylic acid groups (broad SMARTS) is 1. The highest BCUT2D eigenvalue weighted by atomic mass is 16.4. The molecule has 1 aromatic carbocycles. The minimum Gasteiger partial charge on any atom is -0.465 e. The lowest BCUT2D eigenvalue weighted by atomic mass is 9.87. The summed E-state index contributed by atoms with van der Waals surface area (Å²) in [6, 6.07) is 8.75. The molecule has 1 aliphatic heterocycles. The molecular weight excluding hydrogens is 286 g/mol. The van der Waals surface area contributed by atoms with E-state index in [9.17, 15) is 14.7 Å². The number of urea groups is 1. The second-order valence-corrected chi connectivity index (χ2v) is 5.51. The largest absolute Gasteiger partial charge is 0.465 e. The smallest absolute Gasteiger partial charge is 0.407 e. The quantitative estimate of drug-likeness (QED) is 0.791. The van der Waals surface area contributed by atoms with Gasteiger partial charge >= 0.3 is 12.1 Å². The highest BCUT2D eigenvalue weighted by Gasteiger charge is 2.41. The van der Waals surface area contributed by atoms with E-state index in [2.05, 4.69) is 5.32 Å². The molecule has 1 heterocycles. The second-order valence-electron chi connectivity index (χ2n) is 5.51. The van der Waals surface area contributed by atoms with E-state index in [-0.39, 0.29) is 12.6 Å². The van der Waals surface area contributed by atoms with E-state index in [0.717, 1.165) is 0 Å². The molecule has 0 radical (unpaired) electrons. The topological polar surface area (TPSA) is 93.1 Å². The first kappa shape index (κ1) is 16.1. The number of aliphatic hydroxyl groups is 1. The van der Waals surface area contributed by atoms with Crippen LogP contribution in [0.15, 0.2) is 30.3 Å². The zero-order chi connectivity index (χ0) is 16.2. The molecule has 1 saturated heterocycles. The SMILES string of the molecule is CN(C(=O)Nc1ccccc1)C1(CO)CCN(C(=O)O)CC1. The van der Waals surface area contributed by atoms with Crippen LogP contribution in [0.4, 0.5) is 15.3 Å². The van der Waals surface area contributed by atoms with Crippen LogP contribution in [-0.4, -0.2) is 64.4 Å². The number of rotatable bonds is 3. The highest BCUT2D eigenvalue weighted by molar-refractivity contribution is 5.89. The molecular formula is C15H21N3O4. The summed E-state index contributed by atoms with van der Waals surface area (Å²) >= 11 is 0. The number of hydrogen-bond acceptors (Lipinski definition) is 3. The Balaban J connectivity index is 2.04. The molecule has 0 bridgehead atoms. The molecule has 22 heavy (non-hydrogen) atoms. The summed E-state index contributed by atoms with van der Waals surface area (Å²) in [6.45, 7) is 0.414. The van der Waals surface area contributed by atoms with Gasteiger partial charge in [0, 0.05) is 25.8 Å². The summed E-state index contributed by atoms with van der Waals surface area (Å²) in [5.41, 5.74) is -0.0550. The van der Waals surface area contributed by atoms with Gasteiger partial charge in [-0.25, -0.2) is 9.59 Å². The van der Waals surface area contributed by atoms with E-state index in [1.807, 2.05) is 18.2 Å². The van der Waals surface area contributed by atoms with Gasteiger partial charge in [0.2, 0.25) is 0 Å². The lowest BCUT2D eigenvalue weighted by molar-refractivity contribution is 0.0217. The van der Waals surface area contributed by atoms with E-state index < -0.39 is 11.6 Å². The Kier molecular flexibility index (Phi) is 4.87. The van der Waals surface area contributed by atoms with Crippen molar-refractivity contribution in [1.29, 1.82) is 0 Å². The second kappa shape index (κ2) is 6.65. The summed E-state index contributed by atoms with van der Waals surface area (Å²) in [5.74, 6) is 0. The molecule has 7 heteroatoms. The normalized spacial score (nSPS) is 16.9. The Morgan fingerprint density at radius 3 is 2.36 bits per heavy atom. The lowest BCUT2D eigenvalue weighted by Crippen LogP contribution is -2.59. The summed E-state index contributed by atoms with van der Waals surface area (Å²) in [7, 11) is 1.63. The number of carbonyl (C=O) groups is 2. The first-order valence-corrected chi connectivity index (χ1v) is 7.17. The number of para-hydroxylation sites is 1. The van der Waals surface area contributed by atoms with Crippen LogP contribution in [0.2, 0.25) is 0 Å². The average molecular weight is 307 g/mol. The van der Waals surface area contributed by atoms with Crippen LogP contribution in [0.3, 0.4) is 0 Å². The van der Waals surface area contributed by atoms with Crippen molar-refractivity contribution in [2.75, 3.05) is 32.1 Å². The molecule has 0 aromatic heterocycles. The zero-order valence-electron chi connectivity index (χ0n) is 12.5. The summed E-state index contributed by atoms with van der Waals surface area (Å²) in [4.78, 5) is 26.1. The van der Waals surface area contributed by atoms with Crippen molar-refractivity contribution in [2.45, 2.75) is 18.4 Å². The number of nitrogens with one attached hydrogen (secondary N) is 1. The fraction of sp³-hybridized carbons (Fsp3) is 0.467. The third kappa shape index (κ3) is 3.30. The molecule has 3 amide bonds. The van der Waals surface area contributed by atoms with Crippen molar-refractivity contribution in [3.8, 4) is 0 Å². The Morgan fingerprint density at radius 2 is 1.86 bits per heavy atom. The predicted molar refractivity (Wildman–Crippen MR) is 81.9 cm³/mol. The van der Waals surface area contributed by atoms with Gasteiger partial charge in [0.25, 0.3) is 0 Å². The molecule has 1 fully saturated rings. The van der Waals surface area contributed by atoms with Crippen LogP contribution in [0.5, 0.6) is 0 Å². The van der Waals surface area contributed by atoms with Gasteiger partial charge in [0.15, 0.2) is 0 Å². The molecule has 0 aliphatic carbocycles. The van der Waals surface area contributed by atoms with Gasteiger partial charge < -0.3 is 25.3 Å². The van der Waals surface area contributed by atoms with Gasteiger partial charge in [-0.3, -0.25) is 0 Å². The molecule has 0 unspecified atom stereocenters. The summed E-state index contributed by atoms with van der Waals surface area (Å²) in [5, 5.41) is 21.5. The summed E-state index contributed by atoms with van der Waals surface area (Å²) < 4.78 is 0. The van der Waals surface area contributed by atoms with Crippen molar-refractivity contribution < 1.29 is 19.8 Å². The molecule has 0 saturated carbocycles. The standard InChI is InChI=1S/C15H21N3O4/c1-17(13(20)16-12-5-3-2-4-6-12)15(11-19)7-9-18(10-8-15)14(21)22/h2-6,19H,7-11H2,1H3,(H,16,20)(H,21,22). The maximum absolute atomic E-state index is 12.4. The molecule has 3 N–H and O–H groups in total. The van der Waals surface area contributed by atoms with Crippen LogP contribution < -0.4 is 5.32 Å². The fourth-order valence-corrected chi connectivity index (χ4v) is 2.66. The summed E-state index contributed by atoms with van der Waals surface area (Å²) in [6.07, 6.45) is -0.147. The number of piperidine rings is 1. The Bertz CT molecular complexity index is 527. The minimum absolute atomic E-state index is 0.195. The predicted octanol–water partition coefficient (Wildman–Crippen LogP) is 1.66. The van der Waals surface area contributed by atoms with Crippen LogP contribution in [0.1, 0.15) is 12.8 Å². The third-order valence-corrected chi connectivity index (χ3v) is 4.30. The van der Waals surface area contributed by atoms with Crippen molar-refractivity contribution in [3.05, 3.63) is 30.3 Å². The van der Waals surface area contributed by atoms with Crippen molar-refractivity contribution in [3.63, 3.8) is 0 Å².